The Hall–Kier alpha value is -1.33. The summed E-state index contributed by atoms with van der Waals surface area (Å²) in [6, 6.07) is 4.06. The third-order valence-corrected chi connectivity index (χ3v) is 1.99. The van der Waals surface area contributed by atoms with Crippen molar-refractivity contribution < 1.29 is 0 Å². The Kier molecular flexibility index (Phi) is 5.46. The molecule has 0 aliphatic carbocycles. The van der Waals surface area contributed by atoms with E-state index in [-0.39, 0.29) is 0 Å². The summed E-state index contributed by atoms with van der Waals surface area (Å²) in [5, 5.41) is 3.35. The van der Waals surface area contributed by atoms with Crippen LogP contribution in [0.1, 0.15) is 18.4 Å². The van der Waals surface area contributed by atoms with Crippen molar-refractivity contribution in [2.75, 3.05) is 13.1 Å². The van der Waals surface area contributed by atoms with Crippen molar-refractivity contribution in [1.82, 2.24) is 10.3 Å². The van der Waals surface area contributed by atoms with Crippen LogP contribution in [0.15, 0.2) is 24.5 Å². The highest BCUT2D eigenvalue weighted by molar-refractivity contribution is 5.08. The number of rotatable bonds is 6. The summed E-state index contributed by atoms with van der Waals surface area (Å²) in [5.41, 5.74) is 1.27. The minimum atomic E-state index is 0.861. The van der Waals surface area contributed by atoms with Gasteiger partial charge < -0.3 is 5.32 Å². The minimum Gasteiger partial charge on any atom is -0.316 e. The summed E-state index contributed by atoms with van der Waals surface area (Å²) in [6.07, 6.45) is 11.8. The van der Waals surface area contributed by atoms with E-state index >= 15 is 0 Å². The number of hydrogen-bond acceptors (Lipinski definition) is 2. The van der Waals surface area contributed by atoms with Crippen molar-refractivity contribution in [2.24, 2.45) is 0 Å². The van der Waals surface area contributed by atoms with E-state index in [1.165, 1.54) is 5.56 Å². The van der Waals surface area contributed by atoms with Crippen molar-refractivity contribution in [1.29, 1.82) is 0 Å². The van der Waals surface area contributed by atoms with Gasteiger partial charge in [0.15, 0.2) is 0 Å². The van der Waals surface area contributed by atoms with Gasteiger partial charge in [0.05, 0.1) is 0 Å². The molecule has 14 heavy (non-hydrogen) atoms. The fourth-order valence-corrected chi connectivity index (χ4v) is 1.22. The molecule has 1 N–H and O–H groups in total. The second kappa shape index (κ2) is 7.11. The van der Waals surface area contributed by atoms with Gasteiger partial charge in [0, 0.05) is 18.8 Å². The highest BCUT2D eigenvalue weighted by Crippen LogP contribution is 1.95. The maximum Gasteiger partial charge on any atom is 0.0300 e. The Bertz CT molecular complexity index is 274. The Morgan fingerprint density at radius 3 is 3.07 bits per heavy atom. The summed E-state index contributed by atoms with van der Waals surface area (Å²) < 4.78 is 0. The van der Waals surface area contributed by atoms with Gasteiger partial charge >= 0.3 is 0 Å². The zero-order chi connectivity index (χ0) is 10.1. The molecule has 0 unspecified atom stereocenters. The average Bonchev–Trinajstić information content (AvgIpc) is 2.25. The standard InChI is InChI=1S/C12H16N2/c1-2-3-4-8-13-10-7-12-6-5-9-14-11-12/h1,5-6,9,11,13H,3-4,7-8,10H2. The van der Waals surface area contributed by atoms with Crippen LogP contribution in [0.5, 0.6) is 0 Å². The first-order chi connectivity index (χ1) is 6.93. The Labute approximate surface area is 85.8 Å². The molecule has 0 aliphatic heterocycles. The lowest BCUT2D eigenvalue weighted by Crippen LogP contribution is -2.18. The molecule has 0 radical (unpaired) electrons. The number of hydrogen-bond donors (Lipinski definition) is 1. The molecule has 0 spiro atoms. The lowest BCUT2D eigenvalue weighted by Gasteiger charge is -2.02. The zero-order valence-electron chi connectivity index (χ0n) is 8.37. The van der Waals surface area contributed by atoms with Crippen molar-refractivity contribution >= 4 is 0 Å². The molecular formula is C12H16N2. The van der Waals surface area contributed by atoms with Crippen molar-refractivity contribution in [3.05, 3.63) is 30.1 Å². The molecule has 0 atom stereocenters. The smallest absolute Gasteiger partial charge is 0.0300 e. The number of unbranched alkanes of at least 4 members (excludes halogenated alkanes) is 1. The van der Waals surface area contributed by atoms with E-state index in [4.69, 9.17) is 6.42 Å². The Morgan fingerprint density at radius 2 is 2.36 bits per heavy atom. The van der Waals surface area contributed by atoms with Crippen LogP contribution in [-0.4, -0.2) is 18.1 Å². The van der Waals surface area contributed by atoms with E-state index in [0.717, 1.165) is 32.4 Å². The van der Waals surface area contributed by atoms with E-state index in [0.29, 0.717) is 0 Å². The minimum absolute atomic E-state index is 0.861. The number of nitrogens with one attached hydrogen (secondary N) is 1. The van der Waals surface area contributed by atoms with E-state index in [2.05, 4.69) is 22.3 Å². The Morgan fingerprint density at radius 1 is 1.43 bits per heavy atom. The van der Waals surface area contributed by atoms with E-state index < -0.39 is 0 Å². The first kappa shape index (κ1) is 10.7. The second-order valence-electron chi connectivity index (χ2n) is 3.17. The molecule has 0 saturated carbocycles. The number of nitrogens with zero attached hydrogens (tertiary/aromatic N) is 1. The molecule has 1 aromatic heterocycles. The molecule has 1 aromatic rings. The largest absolute Gasteiger partial charge is 0.316 e. The number of terminal acetylenes is 1. The van der Waals surface area contributed by atoms with Crippen LogP contribution in [-0.2, 0) is 6.42 Å². The molecule has 0 aromatic carbocycles. The van der Waals surface area contributed by atoms with Crippen molar-refractivity contribution in [2.45, 2.75) is 19.3 Å². The maximum absolute atomic E-state index is 5.15. The second-order valence-corrected chi connectivity index (χ2v) is 3.17. The Balaban J connectivity index is 2.03. The highest BCUT2D eigenvalue weighted by atomic mass is 14.8. The van der Waals surface area contributed by atoms with Gasteiger partial charge in [-0.05, 0) is 37.6 Å². The average molecular weight is 188 g/mol. The molecule has 2 heteroatoms. The molecule has 2 nitrogen and oxygen atoms in total. The lowest BCUT2D eigenvalue weighted by molar-refractivity contribution is 0.656. The summed E-state index contributed by atoms with van der Waals surface area (Å²) in [4.78, 5) is 4.06. The normalized spacial score (nSPS) is 9.64. The summed E-state index contributed by atoms with van der Waals surface area (Å²) in [7, 11) is 0. The monoisotopic (exact) mass is 188 g/mol. The van der Waals surface area contributed by atoms with E-state index in [1.54, 1.807) is 6.20 Å². The molecule has 0 bridgehead atoms. The SMILES string of the molecule is C#CCCCNCCc1cccnc1. The van der Waals surface area contributed by atoms with Gasteiger partial charge in [-0.1, -0.05) is 6.07 Å². The highest BCUT2D eigenvalue weighted by Gasteiger charge is 1.91. The quantitative estimate of drug-likeness (QED) is 0.542. The number of pyridine rings is 1. The summed E-state index contributed by atoms with van der Waals surface area (Å²) >= 11 is 0. The molecule has 0 saturated heterocycles. The molecule has 74 valence electrons. The topological polar surface area (TPSA) is 24.9 Å². The predicted octanol–water partition coefficient (Wildman–Crippen LogP) is 1.63. The fourth-order valence-electron chi connectivity index (χ4n) is 1.22. The van der Waals surface area contributed by atoms with Gasteiger partial charge in [-0.15, -0.1) is 12.3 Å². The third kappa shape index (κ3) is 4.64. The van der Waals surface area contributed by atoms with Gasteiger partial charge in [-0.25, -0.2) is 0 Å². The molecule has 0 fully saturated rings. The molecule has 1 rings (SSSR count). The van der Waals surface area contributed by atoms with Crippen LogP contribution in [0.3, 0.4) is 0 Å². The first-order valence-electron chi connectivity index (χ1n) is 4.96. The summed E-state index contributed by atoms with van der Waals surface area (Å²) in [6.45, 7) is 2.00. The van der Waals surface area contributed by atoms with Crippen LogP contribution in [0.25, 0.3) is 0 Å². The van der Waals surface area contributed by atoms with Gasteiger partial charge in [-0.2, -0.15) is 0 Å². The van der Waals surface area contributed by atoms with Crippen LogP contribution in [0, 0.1) is 12.3 Å². The predicted molar refractivity (Wildman–Crippen MR) is 58.9 cm³/mol. The first-order valence-corrected chi connectivity index (χ1v) is 4.96. The van der Waals surface area contributed by atoms with Crippen LogP contribution in [0.2, 0.25) is 0 Å². The third-order valence-electron chi connectivity index (χ3n) is 1.99. The maximum atomic E-state index is 5.15. The van der Waals surface area contributed by atoms with Crippen LogP contribution in [0.4, 0.5) is 0 Å². The van der Waals surface area contributed by atoms with Gasteiger partial charge in [0.2, 0.25) is 0 Å². The van der Waals surface area contributed by atoms with Gasteiger partial charge in [0.1, 0.15) is 0 Å². The molecule has 1 heterocycles. The zero-order valence-corrected chi connectivity index (χ0v) is 8.37. The molecular weight excluding hydrogens is 172 g/mol. The summed E-state index contributed by atoms with van der Waals surface area (Å²) in [5.74, 6) is 2.63. The van der Waals surface area contributed by atoms with E-state index in [1.807, 2.05) is 12.3 Å². The fraction of sp³-hybridized carbons (Fsp3) is 0.417. The lowest BCUT2D eigenvalue weighted by atomic mass is 10.2. The van der Waals surface area contributed by atoms with Crippen molar-refractivity contribution in [3.63, 3.8) is 0 Å². The molecule has 0 aliphatic rings. The van der Waals surface area contributed by atoms with Crippen LogP contribution >= 0.6 is 0 Å². The van der Waals surface area contributed by atoms with Crippen LogP contribution < -0.4 is 5.32 Å². The van der Waals surface area contributed by atoms with Gasteiger partial charge in [-0.3, -0.25) is 4.98 Å². The number of aromatic nitrogens is 1. The van der Waals surface area contributed by atoms with Gasteiger partial charge in [0.25, 0.3) is 0 Å². The van der Waals surface area contributed by atoms with Crippen molar-refractivity contribution in [3.8, 4) is 12.3 Å². The van der Waals surface area contributed by atoms with E-state index in [9.17, 15) is 0 Å². The molecule has 0 amide bonds.